The van der Waals surface area contributed by atoms with E-state index in [-0.39, 0.29) is 11.6 Å². The Kier molecular flexibility index (Phi) is 8.66. The zero-order valence-corrected chi connectivity index (χ0v) is 23.7. The van der Waals surface area contributed by atoms with Crippen LogP contribution >= 0.6 is 0 Å². The van der Waals surface area contributed by atoms with Crippen molar-refractivity contribution in [2.24, 2.45) is 0 Å². The van der Waals surface area contributed by atoms with Crippen LogP contribution in [0.4, 0.5) is 0 Å². The second-order valence-electron chi connectivity index (χ2n) is 10.3. The van der Waals surface area contributed by atoms with Crippen molar-refractivity contribution in [3.05, 3.63) is 83.2 Å². The van der Waals surface area contributed by atoms with Crippen LogP contribution in [0.5, 0.6) is 11.5 Å². The zero-order chi connectivity index (χ0) is 28.8. The average Bonchev–Trinajstić information content (AvgIpc) is 3.41. The molecule has 1 aliphatic rings. The number of hydrogen-bond donors (Lipinski definition) is 2. The number of rotatable bonds is 9. The minimum absolute atomic E-state index is 0.00845. The van der Waals surface area contributed by atoms with Gasteiger partial charge in [-0.1, -0.05) is 36.8 Å². The average molecular weight is 550 g/mol. The summed E-state index contributed by atoms with van der Waals surface area (Å²) in [6.07, 6.45) is 9.07. The Labute approximate surface area is 240 Å². The predicted octanol–water partition coefficient (Wildman–Crippen LogP) is 6.02. The maximum absolute atomic E-state index is 13.1. The molecule has 210 valence electrons. The molecule has 4 aromatic rings. The van der Waals surface area contributed by atoms with E-state index in [0.717, 1.165) is 47.3 Å². The van der Waals surface area contributed by atoms with E-state index in [4.69, 9.17) is 9.47 Å². The Hall–Kier alpha value is -4.61. The molecule has 2 aromatic carbocycles. The molecule has 2 aromatic heterocycles. The maximum Gasteiger partial charge on any atom is 0.262 e. The molecule has 8 heteroatoms. The lowest BCUT2D eigenvalue weighted by atomic mass is 9.98. The number of piperidine rings is 1. The number of nitriles is 1. The van der Waals surface area contributed by atoms with Gasteiger partial charge in [-0.3, -0.25) is 9.69 Å². The van der Waals surface area contributed by atoms with E-state index < -0.39 is 5.91 Å². The third-order valence-corrected chi connectivity index (χ3v) is 7.65. The molecule has 0 unspecified atom stereocenters. The van der Waals surface area contributed by atoms with E-state index in [1.807, 2.05) is 25.3 Å². The molecule has 3 heterocycles. The van der Waals surface area contributed by atoms with Crippen LogP contribution in [-0.4, -0.2) is 48.1 Å². The van der Waals surface area contributed by atoms with Crippen LogP contribution in [0.25, 0.3) is 28.2 Å². The summed E-state index contributed by atoms with van der Waals surface area (Å²) in [5.74, 6) is 0.718. The summed E-state index contributed by atoms with van der Waals surface area (Å²) < 4.78 is 10.7. The van der Waals surface area contributed by atoms with Gasteiger partial charge in [0, 0.05) is 35.5 Å². The van der Waals surface area contributed by atoms with E-state index in [9.17, 15) is 10.1 Å². The molecule has 8 nitrogen and oxygen atoms in total. The number of nitrogens with zero attached hydrogens (tertiary/aromatic N) is 3. The number of nitrogens with one attached hydrogen (secondary N) is 2. The largest absolute Gasteiger partial charge is 0.493 e. The van der Waals surface area contributed by atoms with Crippen LogP contribution in [0.1, 0.15) is 48.9 Å². The highest BCUT2D eigenvalue weighted by atomic mass is 16.5. The number of ether oxygens (including phenoxy) is 2. The molecule has 1 aliphatic heterocycles. The molecule has 1 fully saturated rings. The van der Waals surface area contributed by atoms with E-state index >= 15 is 0 Å². The Balaban J connectivity index is 1.39. The Morgan fingerprint density at radius 1 is 1.12 bits per heavy atom. The summed E-state index contributed by atoms with van der Waals surface area (Å²) in [4.78, 5) is 23.5. The van der Waals surface area contributed by atoms with Crippen LogP contribution in [0.15, 0.2) is 66.5 Å². The van der Waals surface area contributed by atoms with E-state index in [0.29, 0.717) is 17.1 Å². The zero-order valence-electron chi connectivity index (χ0n) is 23.7. The van der Waals surface area contributed by atoms with Gasteiger partial charge in [0.15, 0.2) is 11.5 Å². The van der Waals surface area contributed by atoms with E-state index in [1.54, 1.807) is 32.6 Å². The molecule has 1 saturated heterocycles. The molecule has 1 atom stereocenters. The summed E-state index contributed by atoms with van der Waals surface area (Å²) in [7, 11) is 3.14. The Bertz CT molecular complexity index is 1610. The number of amides is 1. The van der Waals surface area contributed by atoms with E-state index in [2.05, 4.69) is 56.6 Å². The number of carbonyl (C=O) groups is 1. The standard InChI is InChI=1S/C33H35N5O3/c1-22(23-11-12-30(40-2)31(17-23)41-3)37-33(39)25(18-34)15-26-19-35-32-29(26)16-27(20-36-32)28-10-6-5-9-24(28)21-38-13-7-4-8-14-38/h5-6,9-12,15-17,19-20,22H,4,7-8,13-14,21H2,1-3H3,(H,35,36)(H,37,39)/b25-15+/t22-/m1/s1. The van der Waals surface area contributed by atoms with Gasteiger partial charge in [-0.05, 0) is 73.8 Å². The second-order valence-corrected chi connectivity index (χ2v) is 10.3. The van der Waals surface area contributed by atoms with Gasteiger partial charge in [-0.15, -0.1) is 0 Å². The third kappa shape index (κ3) is 6.26. The van der Waals surface area contributed by atoms with Gasteiger partial charge < -0.3 is 19.8 Å². The van der Waals surface area contributed by atoms with Gasteiger partial charge >= 0.3 is 0 Å². The lowest BCUT2D eigenvalue weighted by Gasteiger charge is -2.27. The van der Waals surface area contributed by atoms with Gasteiger partial charge in [0.1, 0.15) is 17.3 Å². The number of hydrogen-bond acceptors (Lipinski definition) is 6. The van der Waals surface area contributed by atoms with Crippen molar-refractivity contribution in [2.75, 3.05) is 27.3 Å². The molecule has 0 radical (unpaired) electrons. The first-order chi connectivity index (χ1) is 20.0. The predicted molar refractivity (Wildman–Crippen MR) is 160 cm³/mol. The molecule has 41 heavy (non-hydrogen) atoms. The van der Waals surface area contributed by atoms with Crippen molar-refractivity contribution in [2.45, 2.75) is 38.8 Å². The fourth-order valence-corrected chi connectivity index (χ4v) is 5.37. The lowest BCUT2D eigenvalue weighted by Crippen LogP contribution is -2.29. The summed E-state index contributed by atoms with van der Waals surface area (Å²) in [6, 6.07) is 17.7. The van der Waals surface area contributed by atoms with Gasteiger partial charge in [0.25, 0.3) is 5.91 Å². The van der Waals surface area contributed by atoms with Crippen molar-refractivity contribution in [3.8, 4) is 28.7 Å². The highest BCUT2D eigenvalue weighted by molar-refractivity contribution is 6.04. The van der Waals surface area contributed by atoms with Crippen LogP contribution in [0.2, 0.25) is 0 Å². The molecular weight excluding hydrogens is 514 g/mol. The first-order valence-electron chi connectivity index (χ1n) is 13.9. The quantitative estimate of drug-likeness (QED) is 0.196. The maximum atomic E-state index is 13.1. The molecule has 0 saturated carbocycles. The SMILES string of the molecule is COc1ccc([C@@H](C)NC(=O)/C(C#N)=C/c2c[nH]c3ncc(-c4ccccc4CN4CCCCC4)cc23)cc1OC. The molecular formula is C33H35N5O3. The molecule has 2 N–H and O–H groups in total. The summed E-state index contributed by atoms with van der Waals surface area (Å²) >= 11 is 0. The Morgan fingerprint density at radius 3 is 2.66 bits per heavy atom. The smallest absolute Gasteiger partial charge is 0.262 e. The topological polar surface area (TPSA) is 103 Å². The van der Waals surface area contributed by atoms with Crippen molar-refractivity contribution in [1.29, 1.82) is 5.26 Å². The Morgan fingerprint density at radius 2 is 1.90 bits per heavy atom. The lowest BCUT2D eigenvalue weighted by molar-refractivity contribution is -0.117. The summed E-state index contributed by atoms with van der Waals surface area (Å²) in [5, 5.41) is 13.7. The number of aromatic nitrogens is 2. The van der Waals surface area contributed by atoms with Gasteiger partial charge in [-0.2, -0.15) is 5.26 Å². The van der Waals surface area contributed by atoms with Crippen molar-refractivity contribution >= 4 is 23.0 Å². The summed E-state index contributed by atoms with van der Waals surface area (Å²) in [6.45, 7) is 5.02. The number of benzene rings is 2. The number of carbonyl (C=O) groups excluding carboxylic acids is 1. The van der Waals surface area contributed by atoms with E-state index in [1.165, 1.54) is 24.8 Å². The van der Waals surface area contributed by atoms with Gasteiger partial charge in [0.2, 0.25) is 0 Å². The van der Waals surface area contributed by atoms with Crippen molar-refractivity contribution in [1.82, 2.24) is 20.2 Å². The highest BCUT2D eigenvalue weighted by Gasteiger charge is 2.18. The monoisotopic (exact) mass is 549 g/mol. The number of pyridine rings is 1. The second kappa shape index (κ2) is 12.7. The highest BCUT2D eigenvalue weighted by Crippen LogP contribution is 2.31. The number of likely N-dealkylation sites (tertiary alicyclic amines) is 1. The minimum Gasteiger partial charge on any atom is -0.493 e. The molecule has 1 amide bonds. The molecule has 0 aliphatic carbocycles. The van der Waals surface area contributed by atoms with Gasteiger partial charge in [0.05, 0.1) is 20.3 Å². The van der Waals surface area contributed by atoms with Crippen molar-refractivity contribution < 1.29 is 14.3 Å². The number of methoxy groups -OCH3 is 2. The number of aromatic amines is 1. The number of H-pyrrole nitrogens is 1. The minimum atomic E-state index is -0.458. The van der Waals surface area contributed by atoms with Crippen LogP contribution in [0, 0.1) is 11.3 Å². The third-order valence-electron chi connectivity index (χ3n) is 7.65. The van der Waals surface area contributed by atoms with Crippen LogP contribution < -0.4 is 14.8 Å². The van der Waals surface area contributed by atoms with Gasteiger partial charge in [-0.25, -0.2) is 4.98 Å². The molecule has 0 bridgehead atoms. The first-order valence-corrected chi connectivity index (χ1v) is 13.9. The molecule has 5 rings (SSSR count). The fraction of sp³-hybridized carbons (Fsp3) is 0.303. The normalized spacial score (nSPS) is 14.8. The first kappa shape index (κ1) is 27.9. The number of fused-ring (bicyclic) bond motifs is 1. The van der Waals surface area contributed by atoms with Crippen molar-refractivity contribution in [3.63, 3.8) is 0 Å². The van der Waals surface area contributed by atoms with Crippen LogP contribution in [0.3, 0.4) is 0 Å². The molecule has 0 spiro atoms. The summed E-state index contributed by atoms with van der Waals surface area (Å²) in [5.41, 5.74) is 5.68. The fourth-order valence-electron chi connectivity index (χ4n) is 5.37. The van der Waals surface area contributed by atoms with Crippen LogP contribution in [-0.2, 0) is 11.3 Å².